The first kappa shape index (κ1) is 15.2. The molecule has 0 aromatic carbocycles. The van der Waals surface area contributed by atoms with Gasteiger partial charge in [-0.15, -0.1) is 11.3 Å². The van der Waals surface area contributed by atoms with Gasteiger partial charge in [-0.1, -0.05) is 0 Å². The summed E-state index contributed by atoms with van der Waals surface area (Å²) >= 11 is 1.57. The highest BCUT2D eigenvalue weighted by Gasteiger charge is 2.19. The topological polar surface area (TPSA) is 65.9 Å². The molecule has 0 bridgehead atoms. The van der Waals surface area contributed by atoms with Crippen LogP contribution in [0.1, 0.15) is 12.6 Å². The molecule has 0 amide bonds. The van der Waals surface area contributed by atoms with Crippen molar-refractivity contribution in [3.05, 3.63) is 11.1 Å². The van der Waals surface area contributed by atoms with Gasteiger partial charge in [0.05, 0.1) is 25.3 Å². The number of carbonyl (C=O) groups is 1. The minimum atomic E-state index is -0.225. The minimum absolute atomic E-state index is 0.209. The standard InChI is InChI=1S/C13H21N3O3S/c1-2-19-12(18)9-11-10-20-13(14-11)16-5-3-15(4-6-16)7-8-17/h10,17H,2-9H2,1H3. The summed E-state index contributed by atoms with van der Waals surface area (Å²) in [5.74, 6) is -0.225. The van der Waals surface area contributed by atoms with Gasteiger partial charge in [-0.25, -0.2) is 4.98 Å². The van der Waals surface area contributed by atoms with E-state index in [2.05, 4.69) is 14.8 Å². The van der Waals surface area contributed by atoms with Gasteiger partial charge >= 0.3 is 5.97 Å². The van der Waals surface area contributed by atoms with Gasteiger partial charge in [0.15, 0.2) is 5.13 Å². The summed E-state index contributed by atoms with van der Waals surface area (Å²) < 4.78 is 4.92. The van der Waals surface area contributed by atoms with E-state index >= 15 is 0 Å². The Labute approximate surface area is 123 Å². The molecule has 112 valence electrons. The Bertz CT molecular complexity index is 430. The highest BCUT2D eigenvalue weighted by molar-refractivity contribution is 7.13. The number of aromatic nitrogens is 1. The molecule has 1 aliphatic rings. The monoisotopic (exact) mass is 299 g/mol. The van der Waals surface area contributed by atoms with Crippen molar-refractivity contribution in [1.29, 1.82) is 0 Å². The van der Waals surface area contributed by atoms with E-state index in [0.29, 0.717) is 6.61 Å². The Kier molecular flexibility index (Phi) is 5.75. The number of hydrogen-bond donors (Lipinski definition) is 1. The summed E-state index contributed by atoms with van der Waals surface area (Å²) in [6, 6.07) is 0. The largest absolute Gasteiger partial charge is 0.466 e. The number of thiazole rings is 1. The third-order valence-electron chi connectivity index (χ3n) is 3.23. The van der Waals surface area contributed by atoms with E-state index in [0.717, 1.165) is 43.5 Å². The van der Waals surface area contributed by atoms with Crippen molar-refractivity contribution >= 4 is 22.4 Å². The molecule has 0 aliphatic carbocycles. The average Bonchev–Trinajstić information content (AvgIpc) is 2.88. The van der Waals surface area contributed by atoms with Crippen LogP contribution in [0.3, 0.4) is 0 Å². The number of piperazine rings is 1. The lowest BCUT2D eigenvalue weighted by Crippen LogP contribution is -2.47. The summed E-state index contributed by atoms with van der Waals surface area (Å²) in [7, 11) is 0. The number of β-amino-alcohol motifs (C(OH)–C–C–N with tert-alkyl or cyclic N) is 1. The maximum Gasteiger partial charge on any atom is 0.311 e. The van der Waals surface area contributed by atoms with Crippen LogP contribution >= 0.6 is 11.3 Å². The molecule has 1 aliphatic heterocycles. The van der Waals surface area contributed by atoms with Gasteiger partial charge in [0.25, 0.3) is 0 Å². The minimum Gasteiger partial charge on any atom is -0.466 e. The lowest BCUT2D eigenvalue weighted by atomic mass is 10.3. The molecule has 0 atom stereocenters. The number of carbonyl (C=O) groups excluding carboxylic acids is 1. The number of esters is 1. The number of nitrogens with zero attached hydrogens (tertiary/aromatic N) is 3. The normalized spacial score (nSPS) is 16.4. The predicted octanol–water partition coefficient (Wildman–Crippen LogP) is 0.363. The lowest BCUT2D eigenvalue weighted by Gasteiger charge is -2.34. The van der Waals surface area contributed by atoms with Crippen molar-refractivity contribution in [2.45, 2.75) is 13.3 Å². The molecule has 1 saturated heterocycles. The molecule has 1 N–H and O–H groups in total. The molecule has 2 rings (SSSR count). The number of anilines is 1. The predicted molar refractivity (Wildman–Crippen MR) is 78.2 cm³/mol. The second kappa shape index (κ2) is 7.56. The zero-order valence-corrected chi connectivity index (χ0v) is 12.6. The third kappa shape index (κ3) is 4.16. The second-order valence-corrected chi connectivity index (χ2v) is 5.49. The Balaban J connectivity index is 1.85. The fourth-order valence-electron chi connectivity index (χ4n) is 2.19. The molecule has 0 saturated carbocycles. The molecule has 1 aromatic rings. The number of hydrogen-bond acceptors (Lipinski definition) is 7. The van der Waals surface area contributed by atoms with Gasteiger partial charge in [-0.05, 0) is 6.92 Å². The third-order valence-corrected chi connectivity index (χ3v) is 4.18. The number of aliphatic hydroxyl groups excluding tert-OH is 1. The van der Waals surface area contributed by atoms with Crippen LogP contribution in [-0.4, -0.2) is 66.9 Å². The van der Waals surface area contributed by atoms with Crippen LogP contribution in [0.15, 0.2) is 5.38 Å². The van der Waals surface area contributed by atoms with Crippen LogP contribution in [0, 0.1) is 0 Å². The smallest absolute Gasteiger partial charge is 0.311 e. The maximum absolute atomic E-state index is 11.4. The molecule has 2 heterocycles. The van der Waals surface area contributed by atoms with Gasteiger partial charge in [-0.2, -0.15) is 0 Å². The van der Waals surface area contributed by atoms with Crippen LogP contribution in [0.5, 0.6) is 0 Å². The summed E-state index contributed by atoms with van der Waals surface area (Å²) in [6.45, 7) is 6.85. The van der Waals surface area contributed by atoms with E-state index < -0.39 is 0 Å². The molecule has 0 unspecified atom stereocenters. The van der Waals surface area contributed by atoms with Crippen molar-refractivity contribution in [1.82, 2.24) is 9.88 Å². The van der Waals surface area contributed by atoms with Gasteiger partial charge in [0.2, 0.25) is 0 Å². The van der Waals surface area contributed by atoms with Gasteiger partial charge < -0.3 is 14.7 Å². The van der Waals surface area contributed by atoms with Crippen molar-refractivity contribution in [2.75, 3.05) is 50.8 Å². The second-order valence-electron chi connectivity index (χ2n) is 4.66. The first-order chi connectivity index (χ1) is 9.72. The van der Waals surface area contributed by atoms with Crippen LogP contribution in [0.4, 0.5) is 5.13 Å². The van der Waals surface area contributed by atoms with Crippen molar-refractivity contribution in [2.24, 2.45) is 0 Å². The van der Waals surface area contributed by atoms with Gasteiger partial charge in [0.1, 0.15) is 0 Å². The quantitative estimate of drug-likeness (QED) is 0.765. The van der Waals surface area contributed by atoms with E-state index in [1.165, 1.54) is 0 Å². The molecule has 1 aromatic heterocycles. The highest BCUT2D eigenvalue weighted by atomic mass is 32.1. The Morgan fingerprint density at radius 2 is 2.20 bits per heavy atom. The Morgan fingerprint density at radius 1 is 1.45 bits per heavy atom. The Morgan fingerprint density at radius 3 is 2.85 bits per heavy atom. The van der Waals surface area contributed by atoms with Crippen molar-refractivity contribution in [3.63, 3.8) is 0 Å². The van der Waals surface area contributed by atoms with E-state index in [1.807, 2.05) is 5.38 Å². The van der Waals surface area contributed by atoms with Crippen LogP contribution in [0.25, 0.3) is 0 Å². The molecule has 0 spiro atoms. The summed E-state index contributed by atoms with van der Waals surface area (Å²) in [5, 5.41) is 11.8. The van der Waals surface area contributed by atoms with Crippen molar-refractivity contribution < 1.29 is 14.6 Å². The average molecular weight is 299 g/mol. The zero-order valence-electron chi connectivity index (χ0n) is 11.7. The molecule has 1 fully saturated rings. The molecular weight excluding hydrogens is 278 g/mol. The number of ether oxygens (including phenoxy) is 1. The van der Waals surface area contributed by atoms with Crippen LogP contribution < -0.4 is 4.90 Å². The molecule has 7 heteroatoms. The van der Waals surface area contributed by atoms with Gasteiger partial charge in [0, 0.05) is 38.1 Å². The molecule has 20 heavy (non-hydrogen) atoms. The first-order valence-corrected chi connectivity index (χ1v) is 7.79. The highest BCUT2D eigenvalue weighted by Crippen LogP contribution is 2.22. The van der Waals surface area contributed by atoms with E-state index in [9.17, 15) is 4.79 Å². The Hall–Kier alpha value is -1.18. The molecule has 6 nitrogen and oxygen atoms in total. The zero-order chi connectivity index (χ0) is 14.4. The summed E-state index contributed by atoms with van der Waals surface area (Å²) in [5.41, 5.74) is 0.779. The SMILES string of the molecule is CCOC(=O)Cc1csc(N2CCN(CCO)CC2)n1. The fourth-order valence-corrected chi connectivity index (χ4v) is 3.07. The van der Waals surface area contributed by atoms with E-state index in [1.54, 1.807) is 18.3 Å². The summed E-state index contributed by atoms with van der Waals surface area (Å²) in [6.07, 6.45) is 0.245. The van der Waals surface area contributed by atoms with Crippen LogP contribution in [-0.2, 0) is 16.0 Å². The number of aliphatic hydroxyl groups is 1. The molecule has 0 radical (unpaired) electrons. The van der Waals surface area contributed by atoms with E-state index in [4.69, 9.17) is 9.84 Å². The van der Waals surface area contributed by atoms with Gasteiger partial charge in [-0.3, -0.25) is 9.69 Å². The lowest BCUT2D eigenvalue weighted by molar-refractivity contribution is -0.142. The van der Waals surface area contributed by atoms with Crippen LogP contribution in [0.2, 0.25) is 0 Å². The fraction of sp³-hybridized carbons (Fsp3) is 0.692. The maximum atomic E-state index is 11.4. The van der Waals surface area contributed by atoms with E-state index in [-0.39, 0.29) is 19.0 Å². The number of rotatable bonds is 6. The van der Waals surface area contributed by atoms with Crippen molar-refractivity contribution in [3.8, 4) is 0 Å². The summed E-state index contributed by atoms with van der Waals surface area (Å²) in [4.78, 5) is 20.4. The molecular formula is C13H21N3O3S. The first-order valence-electron chi connectivity index (χ1n) is 6.91.